The van der Waals surface area contributed by atoms with Crippen LogP contribution in [0.1, 0.15) is 12.5 Å². The minimum Gasteiger partial charge on any atom is -0.497 e. The number of hydrogen-bond donors (Lipinski definition) is 2. The van der Waals surface area contributed by atoms with E-state index in [-0.39, 0.29) is 0 Å². The highest BCUT2D eigenvalue weighted by atomic mass is 16.5. The highest BCUT2D eigenvalue weighted by molar-refractivity contribution is 5.99. The van der Waals surface area contributed by atoms with Gasteiger partial charge in [0.15, 0.2) is 0 Å². The van der Waals surface area contributed by atoms with Crippen molar-refractivity contribution in [2.45, 2.75) is 6.92 Å². The van der Waals surface area contributed by atoms with Crippen LogP contribution in [0.4, 0.5) is 4.79 Å². The number of benzene rings is 1. The highest BCUT2D eigenvalue weighted by Crippen LogP contribution is 2.11. The van der Waals surface area contributed by atoms with Crippen molar-refractivity contribution in [3.8, 4) is 5.75 Å². The standard InChI is InChI=1S/C10H13N3O2/c1-7(12-13-10(11)14)8-3-5-9(15-2)6-4-8/h3-6H,1-2H3,(H3,11,13,14)/b12-7+. The Morgan fingerprint density at radius 3 is 2.47 bits per heavy atom. The Morgan fingerprint density at radius 1 is 1.40 bits per heavy atom. The molecule has 0 unspecified atom stereocenters. The van der Waals surface area contributed by atoms with Gasteiger partial charge in [-0.2, -0.15) is 5.10 Å². The first-order valence-electron chi connectivity index (χ1n) is 4.37. The lowest BCUT2D eigenvalue weighted by molar-refractivity contribution is 0.249. The molecule has 5 nitrogen and oxygen atoms in total. The lowest BCUT2D eigenvalue weighted by Gasteiger charge is -2.02. The SMILES string of the molecule is COc1ccc(/C(C)=N/NC(N)=O)cc1. The molecule has 1 aromatic carbocycles. The molecule has 2 amide bonds. The van der Waals surface area contributed by atoms with Crippen molar-refractivity contribution in [2.24, 2.45) is 10.8 Å². The molecule has 0 atom stereocenters. The van der Waals surface area contributed by atoms with E-state index in [1.807, 2.05) is 24.3 Å². The van der Waals surface area contributed by atoms with Crippen LogP contribution in [0.15, 0.2) is 29.4 Å². The molecular weight excluding hydrogens is 194 g/mol. The predicted octanol–water partition coefficient (Wildman–Crippen LogP) is 1.09. The third-order valence-electron chi connectivity index (χ3n) is 1.84. The molecule has 0 fully saturated rings. The van der Waals surface area contributed by atoms with Crippen molar-refractivity contribution < 1.29 is 9.53 Å². The van der Waals surface area contributed by atoms with Gasteiger partial charge in [-0.05, 0) is 36.8 Å². The first-order valence-corrected chi connectivity index (χ1v) is 4.37. The fourth-order valence-electron chi connectivity index (χ4n) is 1.04. The van der Waals surface area contributed by atoms with Gasteiger partial charge < -0.3 is 10.5 Å². The van der Waals surface area contributed by atoms with Crippen molar-refractivity contribution in [1.82, 2.24) is 5.43 Å². The fourth-order valence-corrected chi connectivity index (χ4v) is 1.04. The topological polar surface area (TPSA) is 76.7 Å². The molecule has 0 aromatic heterocycles. The number of hydrogen-bond acceptors (Lipinski definition) is 3. The molecule has 0 aliphatic rings. The number of nitrogens with one attached hydrogen (secondary N) is 1. The van der Waals surface area contributed by atoms with E-state index in [9.17, 15) is 4.79 Å². The van der Waals surface area contributed by atoms with E-state index in [2.05, 4.69) is 10.5 Å². The van der Waals surface area contributed by atoms with E-state index < -0.39 is 6.03 Å². The molecule has 80 valence electrons. The second-order valence-corrected chi connectivity index (χ2v) is 2.90. The number of rotatable bonds is 3. The van der Waals surface area contributed by atoms with E-state index in [1.54, 1.807) is 14.0 Å². The summed E-state index contributed by atoms with van der Waals surface area (Å²) in [4.78, 5) is 10.4. The molecule has 0 aliphatic carbocycles. The molecule has 0 bridgehead atoms. The summed E-state index contributed by atoms with van der Waals surface area (Å²) in [6.45, 7) is 1.78. The maximum atomic E-state index is 10.4. The van der Waals surface area contributed by atoms with Crippen molar-refractivity contribution in [3.63, 3.8) is 0 Å². The number of nitrogens with two attached hydrogens (primary N) is 1. The van der Waals surface area contributed by atoms with Crippen molar-refractivity contribution >= 4 is 11.7 Å². The van der Waals surface area contributed by atoms with E-state index in [0.717, 1.165) is 11.3 Å². The summed E-state index contributed by atoms with van der Waals surface area (Å²) in [5.74, 6) is 0.773. The van der Waals surface area contributed by atoms with Crippen LogP contribution < -0.4 is 15.9 Å². The summed E-state index contributed by atoms with van der Waals surface area (Å²) in [7, 11) is 1.60. The zero-order valence-electron chi connectivity index (χ0n) is 8.65. The first-order chi connectivity index (χ1) is 7.13. The molecule has 0 spiro atoms. The van der Waals surface area contributed by atoms with Crippen molar-refractivity contribution in [3.05, 3.63) is 29.8 Å². The molecule has 15 heavy (non-hydrogen) atoms. The molecule has 1 rings (SSSR count). The van der Waals surface area contributed by atoms with Crippen molar-refractivity contribution in [1.29, 1.82) is 0 Å². The van der Waals surface area contributed by atoms with Crippen LogP contribution in [0.25, 0.3) is 0 Å². The van der Waals surface area contributed by atoms with Crippen LogP contribution in [0.5, 0.6) is 5.75 Å². The molecule has 0 radical (unpaired) electrons. The summed E-state index contributed by atoms with van der Waals surface area (Å²) in [5, 5.41) is 3.80. The average Bonchev–Trinajstić information content (AvgIpc) is 2.26. The summed E-state index contributed by atoms with van der Waals surface area (Å²) in [5.41, 5.74) is 8.63. The average molecular weight is 207 g/mol. The molecule has 0 aliphatic heterocycles. The fraction of sp³-hybridized carbons (Fsp3) is 0.200. The zero-order valence-corrected chi connectivity index (χ0v) is 8.65. The number of nitrogens with zero attached hydrogens (tertiary/aromatic N) is 1. The van der Waals surface area contributed by atoms with Gasteiger partial charge >= 0.3 is 6.03 Å². The Balaban J connectivity index is 2.77. The number of carbonyl (C=O) groups excluding carboxylic acids is 1. The monoisotopic (exact) mass is 207 g/mol. The van der Waals surface area contributed by atoms with E-state index >= 15 is 0 Å². The Bertz CT molecular complexity index is 371. The number of carbonyl (C=O) groups is 1. The van der Waals surface area contributed by atoms with Crippen LogP contribution in [0, 0.1) is 0 Å². The smallest absolute Gasteiger partial charge is 0.332 e. The van der Waals surface area contributed by atoms with E-state index in [1.165, 1.54) is 0 Å². The number of primary amides is 1. The molecule has 1 aromatic rings. The van der Waals surface area contributed by atoms with Crippen LogP contribution >= 0.6 is 0 Å². The second-order valence-electron chi connectivity index (χ2n) is 2.90. The number of hydrazone groups is 1. The molecule has 5 heteroatoms. The molecular formula is C10H13N3O2. The number of urea groups is 1. The maximum absolute atomic E-state index is 10.4. The lowest BCUT2D eigenvalue weighted by atomic mass is 10.1. The molecule has 0 saturated carbocycles. The van der Waals surface area contributed by atoms with Gasteiger partial charge in [-0.3, -0.25) is 0 Å². The maximum Gasteiger partial charge on any atom is 0.332 e. The minimum absolute atomic E-state index is 0.677. The normalized spacial score (nSPS) is 10.9. The van der Waals surface area contributed by atoms with Crippen LogP contribution in [0.3, 0.4) is 0 Å². The summed E-state index contributed by atoms with van der Waals surface area (Å²) in [6.07, 6.45) is 0. The zero-order chi connectivity index (χ0) is 11.3. The van der Waals surface area contributed by atoms with Gasteiger partial charge in [-0.1, -0.05) is 0 Å². The van der Waals surface area contributed by atoms with E-state index in [4.69, 9.17) is 10.5 Å². The summed E-state index contributed by atoms with van der Waals surface area (Å²) < 4.78 is 5.02. The number of methoxy groups -OCH3 is 1. The summed E-state index contributed by atoms with van der Waals surface area (Å²) in [6, 6.07) is 6.65. The van der Waals surface area contributed by atoms with Gasteiger partial charge in [0.2, 0.25) is 0 Å². The largest absolute Gasteiger partial charge is 0.497 e. The third-order valence-corrected chi connectivity index (χ3v) is 1.84. The third kappa shape index (κ3) is 3.30. The molecule has 0 heterocycles. The van der Waals surface area contributed by atoms with Crippen molar-refractivity contribution in [2.75, 3.05) is 7.11 Å². The Hall–Kier alpha value is -2.04. The predicted molar refractivity (Wildman–Crippen MR) is 57.9 cm³/mol. The Morgan fingerprint density at radius 2 is 2.00 bits per heavy atom. The van der Waals surface area contributed by atoms with E-state index in [0.29, 0.717) is 5.71 Å². The lowest BCUT2D eigenvalue weighted by Crippen LogP contribution is -2.25. The van der Waals surface area contributed by atoms with Gasteiger partial charge in [0, 0.05) is 0 Å². The minimum atomic E-state index is -0.678. The molecule has 0 saturated heterocycles. The molecule has 3 N–H and O–H groups in total. The summed E-state index contributed by atoms with van der Waals surface area (Å²) >= 11 is 0. The highest BCUT2D eigenvalue weighted by Gasteiger charge is 1.98. The Labute approximate surface area is 87.9 Å². The number of amides is 2. The quantitative estimate of drug-likeness (QED) is 0.575. The van der Waals surface area contributed by atoms with Crippen LogP contribution in [-0.2, 0) is 0 Å². The van der Waals surface area contributed by atoms with Gasteiger partial charge in [0.1, 0.15) is 5.75 Å². The number of ether oxygens (including phenoxy) is 1. The van der Waals surface area contributed by atoms with Crippen LogP contribution in [0.2, 0.25) is 0 Å². The van der Waals surface area contributed by atoms with Gasteiger partial charge in [0.25, 0.3) is 0 Å². The first kappa shape index (κ1) is 11.0. The van der Waals surface area contributed by atoms with Gasteiger partial charge in [0.05, 0.1) is 12.8 Å². The van der Waals surface area contributed by atoms with Crippen LogP contribution in [-0.4, -0.2) is 18.9 Å². The van der Waals surface area contributed by atoms with Gasteiger partial charge in [-0.25, -0.2) is 10.2 Å². The van der Waals surface area contributed by atoms with Gasteiger partial charge in [-0.15, -0.1) is 0 Å². The Kier molecular flexibility index (Phi) is 3.68. The second kappa shape index (κ2) is 4.99.